The Morgan fingerprint density at radius 2 is 2.00 bits per heavy atom. The molecule has 0 aliphatic rings. The van der Waals surface area contributed by atoms with Crippen molar-refractivity contribution < 1.29 is 9.53 Å². The molecule has 7 nitrogen and oxygen atoms in total. The first-order valence-corrected chi connectivity index (χ1v) is 9.59. The zero-order valence-electron chi connectivity index (χ0n) is 14.8. The molecular formula is C16H22BrN5O2S. The Bertz CT molecular complexity index is 699. The zero-order chi connectivity index (χ0) is 18.4. The van der Waals surface area contributed by atoms with Crippen LogP contribution in [0, 0.1) is 0 Å². The van der Waals surface area contributed by atoms with E-state index >= 15 is 0 Å². The number of hydrogen-bond acceptors (Lipinski definition) is 6. The van der Waals surface area contributed by atoms with E-state index in [4.69, 9.17) is 4.74 Å². The number of aromatic nitrogens is 4. The average molecular weight is 428 g/mol. The van der Waals surface area contributed by atoms with Gasteiger partial charge in [-0.3, -0.25) is 4.79 Å². The van der Waals surface area contributed by atoms with Gasteiger partial charge in [0, 0.05) is 11.5 Å². The van der Waals surface area contributed by atoms with Crippen LogP contribution in [0.2, 0.25) is 0 Å². The van der Waals surface area contributed by atoms with E-state index < -0.39 is 0 Å². The van der Waals surface area contributed by atoms with Crippen LogP contribution in [0.5, 0.6) is 5.75 Å². The maximum Gasteiger partial charge on any atom is 0.232 e. The highest BCUT2D eigenvalue weighted by molar-refractivity contribution is 9.10. The van der Waals surface area contributed by atoms with Gasteiger partial charge >= 0.3 is 0 Å². The molecule has 0 spiro atoms. The fraction of sp³-hybridized carbons (Fsp3) is 0.500. The number of likely N-dealkylation sites (N-methyl/N-ethyl adjacent to an activating group) is 1. The van der Waals surface area contributed by atoms with Gasteiger partial charge in [0.15, 0.2) is 0 Å². The van der Waals surface area contributed by atoms with Crippen molar-refractivity contribution in [2.45, 2.75) is 31.5 Å². The van der Waals surface area contributed by atoms with Crippen molar-refractivity contribution in [3.05, 3.63) is 28.7 Å². The molecule has 0 aliphatic carbocycles. The Morgan fingerprint density at radius 3 is 2.64 bits per heavy atom. The van der Waals surface area contributed by atoms with Crippen molar-refractivity contribution in [1.82, 2.24) is 25.1 Å². The van der Waals surface area contributed by atoms with Crippen molar-refractivity contribution in [3.8, 4) is 5.75 Å². The smallest absolute Gasteiger partial charge is 0.232 e. The van der Waals surface area contributed by atoms with Crippen molar-refractivity contribution in [1.29, 1.82) is 0 Å². The molecule has 9 heteroatoms. The summed E-state index contributed by atoms with van der Waals surface area (Å²) >= 11 is 4.72. The van der Waals surface area contributed by atoms with E-state index in [1.807, 2.05) is 45.0 Å². The van der Waals surface area contributed by atoms with Gasteiger partial charge in [-0.1, -0.05) is 27.7 Å². The number of amides is 1. The van der Waals surface area contributed by atoms with Crippen LogP contribution in [0.25, 0.3) is 0 Å². The fourth-order valence-electron chi connectivity index (χ4n) is 1.88. The molecule has 2 rings (SSSR count). The number of carbonyl (C=O) groups is 1. The molecule has 0 unspecified atom stereocenters. The van der Waals surface area contributed by atoms with Gasteiger partial charge in [0.25, 0.3) is 0 Å². The second-order valence-electron chi connectivity index (χ2n) is 6.45. The van der Waals surface area contributed by atoms with Crippen LogP contribution in [0.1, 0.15) is 20.8 Å². The molecule has 0 fully saturated rings. The van der Waals surface area contributed by atoms with Gasteiger partial charge in [-0.05, 0) is 55.5 Å². The minimum absolute atomic E-state index is 0.00728. The molecule has 136 valence electrons. The molecule has 0 radical (unpaired) electrons. The van der Waals surface area contributed by atoms with E-state index in [2.05, 4.69) is 31.5 Å². The Balaban J connectivity index is 1.77. The summed E-state index contributed by atoms with van der Waals surface area (Å²) in [4.78, 5) is 13.9. The minimum atomic E-state index is -0.223. The van der Waals surface area contributed by atoms with Crippen LogP contribution in [-0.4, -0.2) is 57.0 Å². The molecule has 0 atom stereocenters. The standard InChI is InChI=1S/C16H22BrN5O2S/c1-16(2,3)22-15(18-19-20-22)25-11-14(23)21(4)9-10-24-13-7-5-12(17)6-8-13/h5-8H,9-11H2,1-4H3. The van der Waals surface area contributed by atoms with Crippen LogP contribution in [-0.2, 0) is 10.3 Å². The number of thioether (sulfide) groups is 1. The molecule has 1 aromatic carbocycles. The van der Waals surface area contributed by atoms with E-state index in [9.17, 15) is 4.79 Å². The zero-order valence-corrected chi connectivity index (χ0v) is 17.2. The number of hydrogen-bond donors (Lipinski definition) is 0. The predicted molar refractivity (Wildman–Crippen MR) is 101 cm³/mol. The van der Waals surface area contributed by atoms with Gasteiger partial charge < -0.3 is 9.64 Å². The summed E-state index contributed by atoms with van der Waals surface area (Å²) in [5.41, 5.74) is -0.223. The van der Waals surface area contributed by atoms with Crippen LogP contribution < -0.4 is 4.74 Å². The normalized spacial score (nSPS) is 11.4. The van der Waals surface area contributed by atoms with Gasteiger partial charge in [0.05, 0.1) is 17.8 Å². The van der Waals surface area contributed by atoms with E-state index in [0.717, 1.165) is 10.2 Å². The summed E-state index contributed by atoms with van der Waals surface area (Å²) in [7, 11) is 1.76. The summed E-state index contributed by atoms with van der Waals surface area (Å²) in [5.74, 6) is 1.07. The third-order valence-electron chi connectivity index (χ3n) is 3.34. The number of nitrogens with zero attached hydrogens (tertiary/aromatic N) is 5. The van der Waals surface area contributed by atoms with Crippen molar-refractivity contribution in [2.75, 3.05) is 26.0 Å². The summed E-state index contributed by atoms with van der Waals surface area (Å²) in [6, 6.07) is 7.60. The van der Waals surface area contributed by atoms with Gasteiger partial charge in [0.1, 0.15) is 12.4 Å². The monoisotopic (exact) mass is 427 g/mol. The third kappa shape index (κ3) is 6.00. The largest absolute Gasteiger partial charge is 0.492 e. The number of rotatable bonds is 7. The summed E-state index contributed by atoms with van der Waals surface area (Å²) in [6.45, 7) is 7.00. The van der Waals surface area contributed by atoms with Gasteiger partial charge in [-0.2, -0.15) is 0 Å². The van der Waals surface area contributed by atoms with E-state index in [1.54, 1.807) is 16.6 Å². The molecular weight excluding hydrogens is 406 g/mol. The number of ether oxygens (including phenoxy) is 1. The quantitative estimate of drug-likeness (QED) is 0.632. The first-order chi connectivity index (χ1) is 11.8. The van der Waals surface area contributed by atoms with Crippen molar-refractivity contribution in [3.63, 3.8) is 0 Å². The highest BCUT2D eigenvalue weighted by Gasteiger charge is 2.21. The van der Waals surface area contributed by atoms with Crippen LogP contribution in [0.15, 0.2) is 33.9 Å². The van der Waals surface area contributed by atoms with Gasteiger partial charge in [-0.25, -0.2) is 4.68 Å². The van der Waals surface area contributed by atoms with E-state index in [0.29, 0.717) is 18.3 Å². The number of carbonyl (C=O) groups excluding carboxylic acids is 1. The molecule has 0 aliphatic heterocycles. The first-order valence-electron chi connectivity index (χ1n) is 7.81. The molecule has 1 amide bonds. The lowest BCUT2D eigenvalue weighted by Gasteiger charge is -2.20. The second kappa shape index (κ2) is 8.66. The Labute approximate surface area is 160 Å². The maximum absolute atomic E-state index is 12.3. The lowest BCUT2D eigenvalue weighted by atomic mass is 10.1. The van der Waals surface area contributed by atoms with Crippen LogP contribution in [0.3, 0.4) is 0 Å². The summed E-state index contributed by atoms with van der Waals surface area (Å²) < 4.78 is 8.36. The maximum atomic E-state index is 12.3. The number of benzene rings is 1. The van der Waals surface area contributed by atoms with Gasteiger partial charge in [0.2, 0.25) is 11.1 Å². The molecule has 1 aromatic heterocycles. The third-order valence-corrected chi connectivity index (χ3v) is 4.77. The Morgan fingerprint density at radius 1 is 1.32 bits per heavy atom. The number of tetrazole rings is 1. The summed E-state index contributed by atoms with van der Waals surface area (Å²) in [6.07, 6.45) is 0. The van der Waals surface area contributed by atoms with E-state index in [1.165, 1.54) is 11.8 Å². The topological polar surface area (TPSA) is 73.1 Å². The van der Waals surface area contributed by atoms with Crippen LogP contribution in [0.4, 0.5) is 0 Å². The first kappa shape index (κ1) is 19.7. The lowest BCUT2D eigenvalue weighted by Crippen LogP contribution is -2.32. The second-order valence-corrected chi connectivity index (χ2v) is 8.31. The minimum Gasteiger partial charge on any atom is -0.492 e. The molecule has 2 aromatic rings. The Kier molecular flexibility index (Phi) is 6.83. The molecule has 0 saturated heterocycles. The van der Waals surface area contributed by atoms with E-state index in [-0.39, 0.29) is 17.2 Å². The molecule has 0 saturated carbocycles. The van der Waals surface area contributed by atoms with Crippen LogP contribution >= 0.6 is 27.7 Å². The SMILES string of the molecule is CN(CCOc1ccc(Br)cc1)C(=O)CSc1nnnn1C(C)(C)C. The Hall–Kier alpha value is -1.61. The molecule has 1 heterocycles. The highest BCUT2D eigenvalue weighted by atomic mass is 79.9. The molecule has 0 N–H and O–H groups in total. The van der Waals surface area contributed by atoms with Crippen molar-refractivity contribution >= 4 is 33.6 Å². The molecule has 25 heavy (non-hydrogen) atoms. The lowest BCUT2D eigenvalue weighted by molar-refractivity contribution is -0.127. The average Bonchev–Trinajstić information content (AvgIpc) is 3.03. The van der Waals surface area contributed by atoms with Crippen molar-refractivity contribution in [2.24, 2.45) is 0 Å². The highest BCUT2D eigenvalue weighted by Crippen LogP contribution is 2.21. The fourth-order valence-corrected chi connectivity index (χ4v) is 3.15. The van der Waals surface area contributed by atoms with Gasteiger partial charge in [-0.15, -0.1) is 5.10 Å². The number of halogens is 1. The molecule has 0 bridgehead atoms. The predicted octanol–water partition coefficient (Wildman–Crippen LogP) is 2.82. The summed E-state index contributed by atoms with van der Waals surface area (Å²) in [5, 5.41) is 12.3.